The summed E-state index contributed by atoms with van der Waals surface area (Å²) in [5.74, 6) is 5.96. The van der Waals surface area contributed by atoms with Gasteiger partial charge in [-0.15, -0.1) is 0 Å². The van der Waals surface area contributed by atoms with E-state index < -0.39 is 0 Å². The molecule has 0 saturated heterocycles. The Bertz CT molecular complexity index is 448. The third-order valence-corrected chi connectivity index (χ3v) is 4.85. The average Bonchev–Trinajstić information content (AvgIpc) is 2.68. The van der Waals surface area contributed by atoms with E-state index in [9.17, 15) is 4.39 Å². The van der Waals surface area contributed by atoms with Crippen LogP contribution in [0.15, 0.2) is 18.2 Å². The lowest BCUT2D eigenvalue weighted by atomic mass is 9.76. The van der Waals surface area contributed by atoms with Crippen LogP contribution < -0.4 is 11.3 Å². The molecule has 0 radical (unpaired) electrons. The maximum absolute atomic E-state index is 13.1. The summed E-state index contributed by atoms with van der Waals surface area (Å²) in [6.07, 6.45) is 4.39. The van der Waals surface area contributed by atoms with E-state index in [0.717, 1.165) is 12.0 Å². The fourth-order valence-corrected chi connectivity index (χ4v) is 3.59. The first kappa shape index (κ1) is 14.8. The van der Waals surface area contributed by atoms with Crippen LogP contribution in [-0.4, -0.2) is 6.04 Å². The standard InChI is InChI=1S/C15H22ClFN2/c1-15(2)7-3-4-12(15)14(19-18)8-10-5-6-11(17)9-13(10)16/h5-6,9,12,14,19H,3-4,7-8,18H2,1-2H3. The summed E-state index contributed by atoms with van der Waals surface area (Å²) in [4.78, 5) is 0. The van der Waals surface area contributed by atoms with E-state index in [2.05, 4.69) is 19.3 Å². The van der Waals surface area contributed by atoms with E-state index >= 15 is 0 Å². The third-order valence-electron chi connectivity index (χ3n) is 4.49. The number of rotatable bonds is 4. The largest absolute Gasteiger partial charge is 0.271 e. The van der Waals surface area contributed by atoms with Gasteiger partial charge in [0.05, 0.1) is 0 Å². The lowest BCUT2D eigenvalue weighted by molar-refractivity contribution is 0.196. The number of nitrogens with one attached hydrogen (secondary N) is 1. The number of hydrogen-bond acceptors (Lipinski definition) is 2. The van der Waals surface area contributed by atoms with Crippen LogP contribution in [0.2, 0.25) is 5.02 Å². The van der Waals surface area contributed by atoms with Crippen LogP contribution in [-0.2, 0) is 6.42 Å². The predicted molar refractivity (Wildman–Crippen MR) is 77.3 cm³/mol. The average molecular weight is 285 g/mol. The van der Waals surface area contributed by atoms with E-state index in [1.807, 2.05) is 0 Å². The van der Waals surface area contributed by atoms with Gasteiger partial charge in [-0.1, -0.05) is 37.9 Å². The van der Waals surface area contributed by atoms with Crippen LogP contribution in [0.5, 0.6) is 0 Å². The summed E-state index contributed by atoms with van der Waals surface area (Å²) in [7, 11) is 0. The molecular weight excluding hydrogens is 263 g/mol. The lowest BCUT2D eigenvalue weighted by Gasteiger charge is -2.34. The molecule has 4 heteroatoms. The van der Waals surface area contributed by atoms with Crippen molar-refractivity contribution in [1.29, 1.82) is 0 Å². The molecule has 2 rings (SSSR count). The van der Waals surface area contributed by atoms with Gasteiger partial charge in [-0.2, -0.15) is 0 Å². The Morgan fingerprint density at radius 1 is 1.53 bits per heavy atom. The zero-order chi connectivity index (χ0) is 14.0. The molecule has 19 heavy (non-hydrogen) atoms. The van der Waals surface area contributed by atoms with Gasteiger partial charge in [0.1, 0.15) is 5.82 Å². The van der Waals surface area contributed by atoms with Gasteiger partial charge < -0.3 is 0 Å². The quantitative estimate of drug-likeness (QED) is 0.654. The molecular formula is C15H22ClFN2. The molecule has 2 unspecified atom stereocenters. The Morgan fingerprint density at radius 2 is 2.26 bits per heavy atom. The number of benzene rings is 1. The van der Waals surface area contributed by atoms with Crippen LogP contribution in [0.1, 0.15) is 38.7 Å². The van der Waals surface area contributed by atoms with Gasteiger partial charge in [0, 0.05) is 11.1 Å². The van der Waals surface area contributed by atoms with Crippen molar-refractivity contribution in [2.45, 2.75) is 45.6 Å². The summed E-state index contributed by atoms with van der Waals surface area (Å²) < 4.78 is 13.1. The first-order valence-electron chi connectivity index (χ1n) is 6.84. The fourth-order valence-electron chi connectivity index (χ4n) is 3.34. The van der Waals surface area contributed by atoms with Gasteiger partial charge in [-0.25, -0.2) is 4.39 Å². The molecule has 0 spiro atoms. The number of nitrogens with two attached hydrogens (primary N) is 1. The first-order valence-corrected chi connectivity index (χ1v) is 7.22. The normalized spacial score (nSPS) is 23.5. The van der Waals surface area contributed by atoms with Crippen molar-refractivity contribution in [3.8, 4) is 0 Å². The van der Waals surface area contributed by atoms with Crippen molar-refractivity contribution in [2.75, 3.05) is 0 Å². The van der Waals surface area contributed by atoms with E-state index in [1.54, 1.807) is 6.07 Å². The molecule has 1 fully saturated rings. The summed E-state index contributed by atoms with van der Waals surface area (Å²) in [6.45, 7) is 4.59. The van der Waals surface area contributed by atoms with Crippen LogP contribution in [0, 0.1) is 17.2 Å². The Hall–Kier alpha value is -0.640. The summed E-state index contributed by atoms with van der Waals surface area (Å²) in [5.41, 5.74) is 4.19. The van der Waals surface area contributed by atoms with Gasteiger partial charge in [0.15, 0.2) is 0 Å². The Kier molecular flexibility index (Phi) is 4.49. The van der Waals surface area contributed by atoms with Crippen LogP contribution in [0.25, 0.3) is 0 Å². The van der Waals surface area contributed by atoms with E-state index in [4.69, 9.17) is 17.4 Å². The summed E-state index contributed by atoms with van der Waals surface area (Å²) in [5, 5.41) is 0.482. The maximum atomic E-state index is 13.1. The fraction of sp³-hybridized carbons (Fsp3) is 0.600. The molecule has 2 atom stereocenters. The summed E-state index contributed by atoms with van der Waals surface area (Å²) in [6, 6.07) is 4.75. The highest BCUT2D eigenvalue weighted by atomic mass is 35.5. The number of halogens is 2. The molecule has 2 nitrogen and oxygen atoms in total. The molecule has 1 aliphatic carbocycles. The topological polar surface area (TPSA) is 38.0 Å². The molecule has 106 valence electrons. The number of hydrogen-bond donors (Lipinski definition) is 2. The van der Waals surface area contributed by atoms with Crippen LogP contribution in [0.4, 0.5) is 4.39 Å². The predicted octanol–water partition coefficient (Wildman–Crippen LogP) is 3.68. The van der Waals surface area contributed by atoms with Crippen molar-refractivity contribution < 1.29 is 4.39 Å². The molecule has 1 aromatic carbocycles. The molecule has 0 aromatic heterocycles. The smallest absolute Gasteiger partial charge is 0.124 e. The summed E-state index contributed by atoms with van der Waals surface area (Å²) >= 11 is 6.10. The lowest BCUT2D eigenvalue weighted by Crippen LogP contribution is -2.45. The molecule has 3 N–H and O–H groups in total. The minimum Gasteiger partial charge on any atom is -0.271 e. The van der Waals surface area contributed by atoms with Crippen LogP contribution in [0.3, 0.4) is 0 Å². The Labute approximate surface area is 119 Å². The SMILES string of the molecule is CC1(C)CCCC1C(Cc1ccc(F)cc1Cl)NN. The second-order valence-corrected chi connectivity index (χ2v) is 6.61. The minimum atomic E-state index is -0.299. The van der Waals surface area contributed by atoms with E-state index in [1.165, 1.54) is 31.4 Å². The molecule has 0 aliphatic heterocycles. The third kappa shape index (κ3) is 3.28. The van der Waals surface area contributed by atoms with E-state index in [-0.39, 0.29) is 11.9 Å². The second-order valence-electron chi connectivity index (χ2n) is 6.20. The monoisotopic (exact) mass is 284 g/mol. The van der Waals surface area contributed by atoms with Crippen molar-refractivity contribution in [3.05, 3.63) is 34.6 Å². The highest BCUT2D eigenvalue weighted by Crippen LogP contribution is 2.45. The van der Waals surface area contributed by atoms with Crippen molar-refractivity contribution in [2.24, 2.45) is 17.2 Å². The van der Waals surface area contributed by atoms with Gasteiger partial charge >= 0.3 is 0 Å². The Balaban J connectivity index is 2.15. The van der Waals surface area contributed by atoms with Crippen molar-refractivity contribution in [1.82, 2.24) is 5.43 Å². The van der Waals surface area contributed by atoms with Gasteiger partial charge in [0.25, 0.3) is 0 Å². The molecule has 1 aromatic rings. The van der Waals surface area contributed by atoms with Crippen molar-refractivity contribution >= 4 is 11.6 Å². The first-order chi connectivity index (χ1) is 8.94. The van der Waals surface area contributed by atoms with E-state index in [0.29, 0.717) is 16.4 Å². The zero-order valence-electron chi connectivity index (χ0n) is 11.5. The van der Waals surface area contributed by atoms with Crippen molar-refractivity contribution in [3.63, 3.8) is 0 Å². The molecule has 0 bridgehead atoms. The highest BCUT2D eigenvalue weighted by Gasteiger charge is 2.39. The molecule has 0 heterocycles. The molecule has 1 saturated carbocycles. The second kappa shape index (κ2) is 5.78. The number of hydrazine groups is 1. The Morgan fingerprint density at radius 3 is 2.79 bits per heavy atom. The highest BCUT2D eigenvalue weighted by molar-refractivity contribution is 6.31. The van der Waals surface area contributed by atoms with Gasteiger partial charge in [-0.3, -0.25) is 11.3 Å². The maximum Gasteiger partial charge on any atom is 0.124 e. The van der Waals surface area contributed by atoms with Gasteiger partial charge in [0.2, 0.25) is 0 Å². The zero-order valence-corrected chi connectivity index (χ0v) is 12.3. The minimum absolute atomic E-state index is 0.181. The molecule has 1 aliphatic rings. The van der Waals surface area contributed by atoms with Gasteiger partial charge in [-0.05, 0) is 48.3 Å². The van der Waals surface area contributed by atoms with Crippen LogP contribution >= 0.6 is 11.6 Å². The molecule has 0 amide bonds.